The van der Waals surface area contributed by atoms with Crippen LogP contribution in [0, 0.1) is 11.2 Å². The van der Waals surface area contributed by atoms with Crippen molar-refractivity contribution in [2.24, 2.45) is 10.4 Å². The van der Waals surface area contributed by atoms with Crippen LogP contribution >= 0.6 is 0 Å². The molecular formula is C19H28FN3O2. The zero-order valence-corrected chi connectivity index (χ0v) is 14.9. The molecule has 6 heteroatoms. The van der Waals surface area contributed by atoms with Gasteiger partial charge in [0.15, 0.2) is 5.96 Å². The van der Waals surface area contributed by atoms with Crippen molar-refractivity contribution in [2.45, 2.75) is 31.1 Å². The number of aliphatic hydroxyl groups is 1. The van der Waals surface area contributed by atoms with Gasteiger partial charge in [-0.3, -0.25) is 4.99 Å². The van der Waals surface area contributed by atoms with E-state index in [1.54, 1.807) is 13.1 Å². The Hall–Kier alpha value is -1.66. The Labute approximate surface area is 148 Å². The Kier molecular flexibility index (Phi) is 5.59. The molecule has 1 aliphatic carbocycles. The molecule has 25 heavy (non-hydrogen) atoms. The molecule has 1 saturated carbocycles. The van der Waals surface area contributed by atoms with E-state index in [0.717, 1.165) is 37.9 Å². The fourth-order valence-corrected chi connectivity index (χ4v) is 3.64. The maximum absolute atomic E-state index is 14.1. The standard InChI is InChI=1S/C19H28FN3O2/c1-21-17(22-12-18(8-10-24)9-11-25-14-18)23-13-19(6-7-19)15-4-2-3-5-16(15)20/h2-5,24H,6-14H2,1H3,(H2,21,22,23). The molecule has 3 rings (SSSR count). The maximum Gasteiger partial charge on any atom is 0.191 e. The zero-order valence-electron chi connectivity index (χ0n) is 14.9. The number of aliphatic imine (C=N–C) groups is 1. The molecule has 1 saturated heterocycles. The van der Waals surface area contributed by atoms with Gasteiger partial charge in [0.2, 0.25) is 0 Å². The number of ether oxygens (including phenoxy) is 1. The Morgan fingerprint density at radius 3 is 2.60 bits per heavy atom. The largest absolute Gasteiger partial charge is 0.396 e. The summed E-state index contributed by atoms with van der Waals surface area (Å²) in [6, 6.07) is 7.03. The molecule has 138 valence electrons. The quantitative estimate of drug-likeness (QED) is 0.519. The highest BCUT2D eigenvalue weighted by Gasteiger charge is 2.46. The normalized spacial score (nSPS) is 25.0. The predicted molar refractivity (Wildman–Crippen MR) is 96.2 cm³/mol. The summed E-state index contributed by atoms with van der Waals surface area (Å²) in [6.07, 6.45) is 3.63. The number of nitrogens with one attached hydrogen (secondary N) is 2. The fourth-order valence-electron chi connectivity index (χ4n) is 3.64. The molecule has 0 amide bonds. The first-order valence-corrected chi connectivity index (χ1v) is 9.01. The van der Waals surface area contributed by atoms with Crippen LogP contribution < -0.4 is 10.6 Å². The Balaban J connectivity index is 1.56. The fraction of sp³-hybridized carbons (Fsp3) is 0.632. The molecule has 3 N–H and O–H groups in total. The van der Waals surface area contributed by atoms with Crippen molar-refractivity contribution in [2.75, 3.05) is 40.0 Å². The van der Waals surface area contributed by atoms with Crippen LogP contribution in [-0.2, 0) is 10.2 Å². The van der Waals surface area contributed by atoms with Gasteiger partial charge >= 0.3 is 0 Å². The highest BCUT2D eigenvalue weighted by atomic mass is 19.1. The monoisotopic (exact) mass is 349 g/mol. The minimum Gasteiger partial charge on any atom is -0.396 e. The van der Waals surface area contributed by atoms with Crippen LogP contribution in [0.25, 0.3) is 0 Å². The van der Waals surface area contributed by atoms with Crippen LogP contribution in [0.1, 0.15) is 31.2 Å². The van der Waals surface area contributed by atoms with Gasteiger partial charge in [-0.25, -0.2) is 4.39 Å². The average Bonchev–Trinajstić information content (AvgIpc) is 3.27. The maximum atomic E-state index is 14.1. The molecule has 5 nitrogen and oxygen atoms in total. The molecule has 1 aromatic rings. The van der Waals surface area contributed by atoms with Crippen LogP contribution in [0.4, 0.5) is 4.39 Å². The predicted octanol–water partition coefficient (Wildman–Crippen LogP) is 1.81. The van der Waals surface area contributed by atoms with Crippen LogP contribution in [-0.4, -0.2) is 51.0 Å². The lowest BCUT2D eigenvalue weighted by atomic mass is 9.84. The van der Waals surface area contributed by atoms with Crippen molar-refractivity contribution >= 4 is 5.96 Å². The number of hydrogen-bond donors (Lipinski definition) is 3. The number of aliphatic hydroxyl groups excluding tert-OH is 1. The molecule has 0 aromatic heterocycles. The van der Waals surface area contributed by atoms with Gasteiger partial charge in [0.25, 0.3) is 0 Å². The van der Waals surface area contributed by atoms with Crippen LogP contribution in [0.3, 0.4) is 0 Å². The molecule has 1 aromatic carbocycles. The van der Waals surface area contributed by atoms with Crippen molar-refractivity contribution in [1.29, 1.82) is 0 Å². The van der Waals surface area contributed by atoms with E-state index in [0.29, 0.717) is 25.7 Å². The lowest BCUT2D eigenvalue weighted by Crippen LogP contribution is -2.46. The third-order valence-corrected chi connectivity index (χ3v) is 5.57. The first-order valence-electron chi connectivity index (χ1n) is 9.01. The first-order chi connectivity index (χ1) is 12.1. The van der Waals surface area contributed by atoms with Crippen molar-refractivity contribution in [3.8, 4) is 0 Å². The summed E-state index contributed by atoms with van der Waals surface area (Å²) >= 11 is 0. The average molecular weight is 349 g/mol. The summed E-state index contributed by atoms with van der Waals surface area (Å²) in [4.78, 5) is 4.28. The van der Waals surface area contributed by atoms with Gasteiger partial charge in [-0.05, 0) is 37.3 Å². The summed E-state index contributed by atoms with van der Waals surface area (Å²) in [5.41, 5.74) is 0.635. The highest BCUT2D eigenvalue weighted by molar-refractivity contribution is 5.79. The van der Waals surface area contributed by atoms with E-state index in [9.17, 15) is 9.50 Å². The van der Waals surface area contributed by atoms with E-state index in [1.165, 1.54) is 6.07 Å². The summed E-state index contributed by atoms with van der Waals surface area (Å²) < 4.78 is 19.6. The first kappa shape index (κ1) is 18.1. The van der Waals surface area contributed by atoms with Crippen LogP contribution in [0.15, 0.2) is 29.3 Å². The SMILES string of the molecule is CN=C(NCC1(CCO)CCOC1)NCC1(c2ccccc2F)CC1. The number of benzene rings is 1. The van der Waals surface area contributed by atoms with Gasteiger partial charge in [0, 0.05) is 44.2 Å². The minimum atomic E-state index is -0.130. The molecule has 0 bridgehead atoms. The Morgan fingerprint density at radius 2 is 2.00 bits per heavy atom. The number of rotatable bonds is 7. The van der Waals surface area contributed by atoms with Gasteiger partial charge in [-0.2, -0.15) is 0 Å². The molecule has 0 radical (unpaired) electrons. The van der Waals surface area contributed by atoms with Crippen LogP contribution in [0.2, 0.25) is 0 Å². The third kappa shape index (κ3) is 4.12. The van der Waals surface area contributed by atoms with Crippen LogP contribution in [0.5, 0.6) is 0 Å². The van der Waals surface area contributed by atoms with Gasteiger partial charge in [-0.1, -0.05) is 18.2 Å². The molecule has 1 atom stereocenters. The Bertz CT molecular complexity index is 610. The molecule has 0 spiro atoms. The molecular weight excluding hydrogens is 321 g/mol. The lowest BCUT2D eigenvalue weighted by Gasteiger charge is -2.28. The molecule has 2 fully saturated rings. The van der Waals surface area contributed by atoms with E-state index in [2.05, 4.69) is 15.6 Å². The lowest BCUT2D eigenvalue weighted by molar-refractivity contribution is 0.127. The number of guanidine groups is 1. The second-order valence-electron chi connectivity index (χ2n) is 7.32. The number of nitrogens with zero attached hydrogens (tertiary/aromatic N) is 1. The second kappa shape index (κ2) is 7.70. The smallest absolute Gasteiger partial charge is 0.191 e. The van der Waals surface area contributed by atoms with E-state index in [4.69, 9.17) is 4.74 Å². The van der Waals surface area contributed by atoms with Gasteiger partial charge in [0.05, 0.1) is 6.61 Å². The highest BCUT2D eigenvalue weighted by Crippen LogP contribution is 2.48. The van der Waals surface area contributed by atoms with Crippen molar-refractivity contribution < 1.29 is 14.2 Å². The molecule has 2 aliphatic rings. The molecule has 1 unspecified atom stereocenters. The summed E-state index contributed by atoms with van der Waals surface area (Å²) in [5, 5.41) is 16.0. The van der Waals surface area contributed by atoms with E-state index in [1.807, 2.05) is 12.1 Å². The van der Waals surface area contributed by atoms with E-state index in [-0.39, 0.29) is 23.3 Å². The van der Waals surface area contributed by atoms with E-state index < -0.39 is 0 Å². The minimum absolute atomic E-state index is 0.0326. The van der Waals surface area contributed by atoms with Gasteiger partial charge in [-0.15, -0.1) is 0 Å². The number of hydrogen-bond acceptors (Lipinski definition) is 3. The number of halogens is 1. The van der Waals surface area contributed by atoms with E-state index >= 15 is 0 Å². The third-order valence-electron chi connectivity index (χ3n) is 5.57. The summed E-state index contributed by atoms with van der Waals surface area (Å²) in [7, 11) is 1.74. The van der Waals surface area contributed by atoms with Crippen molar-refractivity contribution in [3.63, 3.8) is 0 Å². The summed E-state index contributed by atoms with van der Waals surface area (Å²) in [6.45, 7) is 2.94. The second-order valence-corrected chi connectivity index (χ2v) is 7.32. The zero-order chi connectivity index (χ0) is 17.8. The molecule has 1 aliphatic heterocycles. The van der Waals surface area contributed by atoms with Crippen molar-refractivity contribution in [3.05, 3.63) is 35.6 Å². The van der Waals surface area contributed by atoms with Gasteiger partial charge < -0.3 is 20.5 Å². The topological polar surface area (TPSA) is 65.9 Å². The molecule has 1 heterocycles. The van der Waals surface area contributed by atoms with Gasteiger partial charge in [0.1, 0.15) is 5.82 Å². The van der Waals surface area contributed by atoms with Crippen molar-refractivity contribution in [1.82, 2.24) is 10.6 Å². The summed E-state index contributed by atoms with van der Waals surface area (Å²) in [5.74, 6) is 0.585. The Morgan fingerprint density at radius 1 is 1.24 bits per heavy atom.